The zero-order chi connectivity index (χ0) is 10.3. The molecule has 0 saturated heterocycles. The number of hydrogen-bond acceptors (Lipinski definition) is 1. The van der Waals surface area contributed by atoms with Gasteiger partial charge in [0.1, 0.15) is 0 Å². The van der Waals surface area contributed by atoms with Gasteiger partial charge < -0.3 is 4.57 Å². The molecular weight excluding hydrogens is 186 g/mol. The highest BCUT2D eigenvalue weighted by Crippen LogP contribution is 2.40. The summed E-state index contributed by atoms with van der Waals surface area (Å²) in [5.74, 6) is 0.869. The molecule has 2 nitrogen and oxygen atoms in total. The van der Waals surface area contributed by atoms with Crippen LogP contribution in [0.25, 0.3) is 0 Å². The van der Waals surface area contributed by atoms with Crippen LogP contribution in [0.3, 0.4) is 0 Å². The molecule has 0 spiro atoms. The van der Waals surface area contributed by atoms with Gasteiger partial charge in [-0.25, -0.2) is 0 Å². The second-order valence-electron chi connectivity index (χ2n) is 4.91. The van der Waals surface area contributed by atoms with Crippen molar-refractivity contribution in [3.05, 3.63) is 34.2 Å². The van der Waals surface area contributed by atoms with Gasteiger partial charge in [-0.2, -0.15) is 0 Å². The molecule has 80 valence electrons. The van der Waals surface area contributed by atoms with Crippen molar-refractivity contribution in [2.24, 2.45) is 5.92 Å². The SMILES string of the molecule is O=c1ccn2c(c1)CCC1CCCCC12. The average Bonchev–Trinajstić information content (AvgIpc) is 2.28. The number of aryl methyl sites for hydroxylation is 1. The standard InChI is InChI=1S/C13H17NO/c15-12-7-8-14-11(9-12)6-5-10-3-1-2-4-13(10)14/h7-10,13H,1-6H2. The summed E-state index contributed by atoms with van der Waals surface area (Å²) in [5, 5.41) is 0. The lowest BCUT2D eigenvalue weighted by atomic mass is 9.78. The second-order valence-corrected chi connectivity index (χ2v) is 4.91. The first-order valence-corrected chi connectivity index (χ1v) is 6.06. The average molecular weight is 203 g/mol. The Morgan fingerprint density at radius 3 is 3.00 bits per heavy atom. The van der Waals surface area contributed by atoms with Crippen molar-refractivity contribution in [2.75, 3.05) is 0 Å². The van der Waals surface area contributed by atoms with E-state index in [4.69, 9.17) is 0 Å². The monoisotopic (exact) mass is 203 g/mol. The highest BCUT2D eigenvalue weighted by Gasteiger charge is 2.30. The number of aromatic nitrogens is 1. The second kappa shape index (κ2) is 3.51. The van der Waals surface area contributed by atoms with E-state index in [0.717, 1.165) is 12.3 Å². The molecule has 1 aromatic heterocycles. The van der Waals surface area contributed by atoms with Gasteiger partial charge in [0.2, 0.25) is 0 Å². The molecule has 2 heteroatoms. The molecule has 2 atom stereocenters. The maximum absolute atomic E-state index is 11.3. The van der Waals surface area contributed by atoms with E-state index in [9.17, 15) is 4.79 Å². The van der Waals surface area contributed by atoms with Crippen LogP contribution in [0.4, 0.5) is 0 Å². The van der Waals surface area contributed by atoms with Gasteiger partial charge in [-0.05, 0) is 31.6 Å². The first-order chi connectivity index (χ1) is 7.34. The van der Waals surface area contributed by atoms with Crippen molar-refractivity contribution in [1.29, 1.82) is 0 Å². The molecule has 3 rings (SSSR count). The Kier molecular flexibility index (Phi) is 2.15. The van der Waals surface area contributed by atoms with E-state index in [0.29, 0.717) is 6.04 Å². The van der Waals surface area contributed by atoms with Gasteiger partial charge in [-0.1, -0.05) is 12.8 Å². The predicted molar refractivity (Wildman–Crippen MR) is 60.0 cm³/mol. The fourth-order valence-electron chi connectivity index (χ4n) is 3.29. The van der Waals surface area contributed by atoms with Gasteiger partial charge in [-0.15, -0.1) is 0 Å². The Morgan fingerprint density at radius 1 is 1.20 bits per heavy atom. The lowest BCUT2D eigenvalue weighted by Crippen LogP contribution is -2.31. The van der Waals surface area contributed by atoms with Gasteiger partial charge in [0.15, 0.2) is 5.43 Å². The minimum Gasteiger partial charge on any atom is -0.348 e. The van der Waals surface area contributed by atoms with Crippen LogP contribution in [0.5, 0.6) is 0 Å². The molecule has 1 aliphatic heterocycles. The van der Waals surface area contributed by atoms with E-state index < -0.39 is 0 Å². The number of pyridine rings is 1. The first kappa shape index (κ1) is 9.20. The summed E-state index contributed by atoms with van der Waals surface area (Å²) in [4.78, 5) is 11.3. The molecule has 0 bridgehead atoms. The van der Waals surface area contributed by atoms with E-state index in [2.05, 4.69) is 4.57 Å². The molecule has 2 aliphatic rings. The summed E-state index contributed by atoms with van der Waals surface area (Å²) in [6, 6.07) is 4.22. The van der Waals surface area contributed by atoms with Gasteiger partial charge in [-0.3, -0.25) is 4.79 Å². The molecule has 1 fully saturated rings. The molecular formula is C13H17NO. The Morgan fingerprint density at radius 2 is 2.07 bits per heavy atom. The summed E-state index contributed by atoms with van der Waals surface area (Å²) in [7, 11) is 0. The maximum Gasteiger partial charge on any atom is 0.181 e. The van der Waals surface area contributed by atoms with Crippen LogP contribution in [0.15, 0.2) is 23.1 Å². The van der Waals surface area contributed by atoms with Crippen LogP contribution in [0.2, 0.25) is 0 Å². The van der Waals surface area contributed by atoms with Gasteiger partial charge >= 0.3 is 0 Å². The third-order valence-corrected chi connectivity index (χ3v) is 4.04. The number of hydrogen-bond donors (Lipinski definition) is 0. The Balaban J connectivity index is 2.03. The molecule has 0 radical (unpaired) electrons. The number of nitrogens with zero attached hydrogens (tertiary/aromatic N) is 1. The minimum absolute atomic E-state index is 0.163. The fourth-order valence-corrected chi connectivity index (χ4v) is 3.29. The van der Waals surface area contributed by atoms with Gasteiger partial charge in [0.05, 0.1) is 0 Å². The molecule has 15 heavy (non-hydrogen) atoms. The lowest BCUT2D eigenvalue weighted by molar-refractivity contribution is 0.198. The zero-order valence-electron chi connectivity index (χ0n) is 8.98. The normalized spacial score (nSPS) is 29.3. The summed E-state index contributed by atoms with van der Waals surface area (Å²) < 4.78 is 2.37. The fraction of sp³-hybridized carbons (Fsp3) is 0.615. The minimum atomic E-state index is 0.163. The van der Waals surface area contributed by atoms with Crippen LogP contribution >= 0.6 is 0 Å². The molecule has 0 N–H and O–H groups in total. The van der Waals surface area contributed by atoms with Crippen molar-refractivity contribution in [3.8, 4) is 0 Å². The third-order valence-electron chi connectivity index (χ3n) is 4.04. The van der Waals surface area contributed by atoms with Crippen LogP contribution in [0.1, 0.15) is 43.8 Å². The van der Waals surface area contributed by atoms with Crippen molar-refractivity contribution in [3.63, 3.8) is 0 Å². The summed E-state index contributed by atoms with van der Waals surface area (Å²) in [6.45, 7) is 0. The summed E-state index contributed by atoms with van der Waals surface area (Å²) in [6.07, 6.45) is 9.84. The molecule has 2 unspecified atom stereocenters. The lowest BCUT2D eigenvalue weighted by Gasteiger charge is -2.38. The highest BCUT2D eigenvalue weighted by atomic mass is 16.1. The highest BCUT2D eigenvalue weighted by molar-refractivity contribution is 5.12. The quantitative estimate of drug-likeness (QED) is 0.635. The third kappa shape index (κ3) is 1.52. The van der Waals surface area contributed by atoms with Crippen molar-refractivity contribution >= 4 is 0 Å². The molecule has 2 heterocycles. The van der Waals surface area contributed by atoms with Crippen molar-refractivity contribution < 1.29 is 0 Å². The van der Waals surface area contributed by atoms with E-state index in [1.54, 1.807) is 6.07 Å². The van der Waals surface area contributed by atoms with Crippen molar-refractivity contribution in [2.45, 2.75) is 44.6 Å². The Bertz CT molecular complexity index is 421. The predicted octanol–water partition coefficient (Wildman–Crippen LogP) is 2.53. The summed E-state index contributed by atoms with van der Waals surface area (Å²) in [5.41, 5.74) is 1.42. The zero-order valence-corrected chi connectivity index (χ0v) is 8.98. The van der Waals surface area contributed by atoms with Crippen molar-refractivity contribution in [1.82, 2.24) is 4.57 Å². The Labute approximate surface area is 89.9 Å². The Hall–Kier alpha value is -1.05. The van der Waals surface area contributed by atoms with Gasteiger partial charge in [0, 0.05) is 30.1 Å². The molecule has 1 aliphatic carbocycles. The molecule has 1 saturated carbocycles. The maximum atomic E-state index is 11.3. The van der Waals surface area contributed by atoms with E-state index in [1.165, 1.54) is 37.8 Å². The number of fused-ring (bicyclic) bond motifs is 3. The number of rotatable bonds is 0. The van der Waals surface area contributed by atoms with Crippen LogP contribution in [0, 0.1) is 5.92 Å². The van der Waals surface area contributed by atoms with E-state index in [-0.39, 0.29) is 5.43 Å². The van der Waals surface area contributed by atoms with Crippen LogP contribution in [-0.2, 0) is 6.42 Å². The van der Waals surface area contributed by atoms with Crippen LogP contribution in [-0.4, -0.2) is 4.57 Å². The van der Waals surface area contributed by atoms with Gasteiger partial charge in [0.25, 0.3) is 0 Å². The molecule has 0 aromatic carbocycles. The largest absolute Gasteiger partial charge is 0.348 e. The smallest absolute Gasteiger partial charge is 0.181 e. The summed E-state index contributed by atoms with van der Waals surface area (Å²) >= 11 is 0. The van der Waals surface area contributed by atoms with Crippen LogP contribution < -0.4 is 5.43 Å². The topological polar surface area (TPSA) is 22.0 Å². The molecule has 1 aromatic rings. The first-order valence-electron chi connectivity index (χ1n) is 6.06. The van der Waals surface area contributed by atoms with E-state index in [1.807, 2.05) is 12.3 Å². The molecule has 0 amide bonds. The van der Waals surface area contributed by atoms with E-state index >= 15 is 0 Å².